The monoisotopic (exact) mass is 285 g/mol. The number of nitrogens with zero attached hydrogens (tertiary/aromatic N) is 1. The molecule has 0 aliphatic rings. The molecular weight excluding hydrogens is 266 g/mol. The van der Waals surface area contributed by atoms with Crippen molar-refractivity contribution in [1.82, 2.24) is 0 Å². The molecule has 1 N–H and O–H groups in total. The van der Waals surface area contributed by atoms with Crippen molar-refractivity contribution in [3.05, 3.63) is 59.2 Å². The van der Waals surface area contributed by atoms with Crippen molar-refractivity contribution in [3.8, 4) is 11.5 Å². The lowest BCUT2D eigenvalue weighted by Gasteiger charge is -2.10. The number of ether oxygens (including phenoxy) is 2. The minimum absolute atomic E-state index is 0.451. The van der Waals surface area contributed by atoms with Gasteiger partial charge in [0.2, 0.25) is 0 Å². The van der Waals surface area contributed by atoms with E-state index in [9.17, 15) is 0 Å². The van der Waals surface area contributed by atoms with Crippen LogP contribution < -0.4 is 9.47 Å². The largest absolute Gasteiger partial charge is 0.490 e. The lowest BCUT2D eigenvalue weighted by molar-refractivity contribution is 0.217. The molecule has 2 aromatic rings. The van der Waals surface area contributed by atoms with Gasteiger partial charge in [0, 0.05) is 0 Å². The van der Waals surface area contributed by atoms with Crippen LogP contribution in [0.3, 0.4) is 0 Å². The third-order valence-corrected chi connectivity index (χ3v) is 3.16. The Labute approximate surface area is 124 Å². The maximum Gasteiger partial charge on any atom is 0.122 e. The summed E-state index contributed by atoms with van der Waals surface area (Å²) in [6.45, 7) is 5.06. The second kappa shape index (κ2) is 7.33. The summed E-state index contributed by atoms with van der Waals surface area (Å²) in [7, 11) is 0. The van der Waals surface area contributed by atoms with Crippen molar-refractivity contribution in [2.75, 3.05) is 13.2 Å². The second-order valence-corrected chi connectivity index (χ2v) is 4.76. The van der Waals surface area contributed by atoms with E-state index in [2.05, 4.69) is 19.0 Å². The normalized spacial score (nSPS) is 10.8. The van der Waals surface area contributed by atoms with Gasteiger partial charge in [-0.15, -0.1) is 0 Å². The molecule has 0 unspecified atom stereocenters. The molecule has 0 bridgehead atoms. The Kier molecular flexibility index (Phi) is 5.21. The maximum atomic E-state index is 8.50. The Bertz CT molecular complexity index is 623. The lowest BCUT2D eigenvalue weighted by Crippen LogP contribution is -2.09. The van der Waals surface area contributed by atoms with Crippen molar-refractivity contribution in [2.45, 2.75) is 13.8 Å². The first-order valence-corrected chi connectivity index (χ1v) is 6.79. The molecule has 21 heavy (non-hydrogen) atoms. The molecular formula is C17H19NO3. The SMILES string of the molecule is Cc1ccc(OCCOc2cccc(C=NO)c2)cc1C. The van der Waals surface area contributed by atoms with Crippen molar-refractivity contribution in [3.63, 3.8) is 0 Å². The third-order valence-electron chi connectivity index (χ3n) is 3.16. The summed E-state index contributed by atoms with van der Waals surface area (Å²) in [6, 6.07) is 13.4. The van der Waals surface area contributed by atoms with Gasteiger partial charge < -0.3 is 14.7 Å². The molecule has 0 aliphatic carbocycles. The highest BCUT2D eigenvalue weighted by atomic mass is 16.5. The Hall–Kier alpha value is -2.49. The van der Waals surface area contributed by atoms with Crippen LogP contribution in [0.25, 0.3) is 0 Å². The highest BCUT2D eigenvalue weighted by Gasteiger charge is 1.99. The molecule has 0 heterocycles. The molecule has 0 amide bonds. The molecule has 0 fully saturated rings. The average Bonchev–Trinajstić information content (AvgIpc) is 2.48. The number of rotatable bonds is 6. The highest BCUT2D eigenvalue weighted by molar-refractivity contribution is 5.79. The molecule has 2 rings (SSSR count). The van der Waals surface area contributed by atoms with Crippen LogP contribution in [-0.4, -0.2) is 24.6 Å². The quantitative estimate of drug-likeness (QED) is 0.382. The number of oxime groups is 1. The van der Waals surface area contributed by atoms with E-state index < -0.39 is 0 Å². The summed E-state index contributed by atoms with van der Waals surface area (Å²) >= 11 is 0. The van der Waals surface area contributed by atoms with E-state index >= 15 is 0 Å². The van der Waals surface area contributed by atoms with Gasteiger partial charge in [0.1, 0.15) is 24.7 Å². The Balaban J connectivity index is 1.81. The molecule has 0 atom stereocenters. The van der Waals surface area contributed by atoms with Crippen LogP contribution in [0.5, 0.6) is 11.5 Å². The molecule has 2 aromatic carbocycles. The van der Waals surface area contributed by atoms with E-state index in [0.717, 1.165) is 17.1 Å². The topological polar surface area (TPSA) is 51.0 Å². The lowest BCUT2D eigenvalue weighted by atomic mass is 10.1. The zero-order valence-electron chi connectivity index (χ0n) is 12.2. The van der Waals surface area contributed by atoms with Gasteiger partial charge >= 0.3 is 0 Å². The van der Waals surface area contributed by atoms with E-state index in [1.54, 1.807) is 6.07 Å². The average molecular weight is 285 g/mol. The van der Waals surface area contributed by atoms with Crippen LogP contribution in [0.15, 0.2) is 47.6 Å². The van der Waals surface area contributed by atoms with Gasteiger partial charge in [-0.25, -0.2) is 0 Å². The van der Waals surface area contributed by atoms with Crippen LogP contribution in [0.2, 0.25) is 0 Å². The minimum Gasteiger partial charge on any atom is -0.490 e. The molecule has 110 valence electrons. The standard InChI is InChI=1S/C17H19NO3/c1-13-6-7-17(10-14(13)2)21-9-8-20-16-5-3-4-15(11-16)12-18-19/h3-7,10-12,19H,8-9H2,1-2H3. The minimum atomic E-state index is 0.451. The van der Waals surface area contributed by atoms with Crippen LogP contribution in [0.4, 0.5) is 0 Å². The highest BCUT2D eigenvalue weighted by Crippen LogP contribution is 2.16. The van der Waals surface area contributed by atoms with E-state index in [-0.39, 0.29) is 0 Å². The number of aryl methyl sites for hydroxylation is 2. The summed E-state index contributed by atoms with van der Waals surface area (Å²) in [6.07, 6.45) is 1.36. The predicted molar refractivity (Wildman–Crippen MR) is 82.7 cm³/mol. The van der Waals surface area contributed by atoms with Crippen LogP contribution in [0.1, 0.15) is 16.7 Å². The van der Waals surface area contributed by atoms with E-state index in [1.165, 1.54) is 17.3 Å². The van der Waals surface area contributed by atoms with Crippen LogP contribution in [-0.2, 0) is 0 Å². The Morgan fingerprint density at radius 2 is 1.67 bits per heavy atom. The fraction of sp³-hybridized carbons (Fsp3) is 0.235. The van der Waals surface area contributed by atoms with Gasteiger partial charge in [0.25, 0.3) is 0 Å². The molecule has 0 saturated carbocycles. The van der Waals surface area contributed by atoms with E-state index in [1.807, 2.05) is 36.4 Å². The molecule has 4 heteroatoms. The van der Waals surface area contributed by atoms with Crippen LogP contribution >= 0.6 is 0 Å². The molecule has 0 saturated heterocycles. The van der Waals surface area contributed by atoms with E-state index in [4.69, 9.17) is 14.7 Å². The van der Waals surface area contributed by atoms with E-state index in [0.29, 0.717) is 13.2 Å². The first-order chi connectivity index (χ1) is 10.2. The van der Waals surface area contributed by atoms with Crippen molar-refractivity contribution in [2.24, 2.45) is 5.16 Å². The molecule has 0 aromatic heterocycles. The summed E-state index contributed by atoms with van der Waals surface area (Å²) in [5.41, 5.74) is 3.25. The molecule has 0 aliphatic heterocycles. The van der Waals surface area contributed by atoms with Gasteiger partial charge in [-0.2, -0.15) is 0 Å². The van der Waals surface area contributed by atoms with Gasteiger partial charge in [-0.05, 0) is 54.8 Å². The molecule has 0 spiro atoms. The summed E-state index contributed by atoms with van der Waals surface area (Å²) < 4.78 is 11.3. The smallest absolute Gasteiger partial charge is 0.122 e. The molecule has 4 nitrogen and oxygen atoms in total. The summed E-state index contributed by atoms with van der Waals surface area (Å²) in [5, 5.41) is 11.5. The van der Waals surface area contributed by atoms with Gasteiger partial charge in [-0.1, -0.05) is 23.4 Å². The van der Waals surface area contributed by atoms with Crippen molar-refractivity contribution < 1.29 is 14.7 Å². The predicted octanol–water partition coefficient (Wildman–Crippen LogP) is 3.57. The zero-order chi connectivity index (χ0) is 15.1. The first-order valence-electron chi connectivity index (χ1n) is 6.79. The van der Waals surface area contributed by atoms with Gasteiger partial charge in [0.05, 0.1) is 6.21 Å². The number of hydrogen-bond acceptors (Lipinski definition) is 4. The Morgan fingerprint density at radius 3 is 2.33 bits per heavy atom. The third kappa shape index (κ3) is 4.53. The fourth-order valence-corrected chi connectivity index (χ4v) is 1.87. The fourth-order valence-electron chi connectivity index (χ4n) is 1.87. The zero-order valence-corrected chi connectivity index (χ0v) is 12.2. The van der Waals surface area contributed by atoms with Crippen molar-refractivity contribution in [1.29, 1.82) is 0 Å². The van der Waals surface area contributed by atoms with Gasteiger partial charge in [0.15, 0.2) is 0 Å². The summed E-state index contributed by atoms with van der Waals surface area (Å²) in [4.78, 5) is 0. The maximum absolute atomic E-state index is 8.50. The Morgan fingerprint density at radius 1 is 0.952 bits per heavy atom. The first kappa shape index (κ1) is 14.9. The van der Waals surface area contributed by atoms with Crippen molar-refractivity contribution >= 4 is 6.21 Å². The van der Waals surface area contributed by atoms with Crippen LogP contribution in [0, 0.1) is 13.8 Å². The number of benzene rings is 2. The summed E-state index contributed by atoms with van der Waals surface area (Å²) in [5.74, 6) is 1.57. The number of hydrogen-bond donors (Lipinski definition) is 1. The molecule has 0 radical (unpaired) electrons. The van der Waals surface area contributed by atoms with Gasteiger partial charge in [-0.3, -0.25) is 0 Å². The second-order valence-electron chi connectivity index (χ2n) is 4.76.